The number of anilines is 3. The molecule has 0 fully saturated rings. The maximum Gasteiger partial charge on any atom is 0.303 e. The van der Waals surface area contributed by atoms with Crippen LogP contribution in [-0.4, -0.2) is 46.1 Å². The van der Waals surface area contributed by atoms with Crippen molar-refractivity contribution < 1.29 is 26.0 Å². The van der Waals surface area contributed by atoms with E-state index in [0.29, 0.717) is 11.3 Å². The zero-order chi connectivity index (χ0) is 28.9. The van der Waals surface area contributed by atoms with E-state index in [1.165, 1.54) is 81.0 Å². The van der Waals surface area contributed by atoms with Crippen LogP contribution in [0.2, 0.25) is 0 Å². The Kier molecular flexibility index (Phi) is 8.47. The quantitative estimate of drug-likeness (QED) is 0.290. The van der Waals surface area contributed by atoms with E-state index in [1.54, 1.807) is 30.3 Å². The second kappa shape index (κ2) is 11.8. The van der Waals surface area contributed by atoms with Crippen LogP contribution in [0.3, 0.4) is 0 Å². The topological polar surface area (TPSA) is 129 Å². The summed E-state index contributed by atoms with van der Waals surface area (Å²) in [5.74, 6) is -0.962. The number of nitrogens with zero attached hydrogens (tertiary/aromatic N) is 3. The van der Waals surface area contributed by atoms with Gasteiger partial charge in [-0.2, -0.15) is 12.7 Å². The lowest BCUT2D eigenvalue weighted by atomic mass is 10.1. The summed E-state index contributed by atoms with van der Waals surface area (Å²) in [6, 6.07) is 22.2. The fourth-order valence-corrected chi connectivity index (χ4v) is 5.72. The number of hydrogen-bond donors (Lipinski definition) is 2. The second-order valence-corrected chi connectivity index (χ2v) is 12.5. The van der Waals surface area contributed by atoms with Crippen LogP contribution in [0.15, 0.2) is 102 Å². The lowest BCUT2D eigenvalue weighted by Gasteiger charge is -2.27. The molecule has 0 unspecified atom stereocenters. The van der Waals surface area contributed by atoms with Crippen molar-refractivity contribution in [1.29, 1.82) is 0 Å². The molecule has 3 aromatic carbocycles. The number of amides is 1. The van der Waals surface area contributed by atoms with Crippen molar-refractivity contribution in [3.8, 4) is 0 Å². The van der Waals surface area contributed by atoms with Crippen LogP contribution >= 0.6 is 0 Å². The Hall–Kier alpha value is -4.33. The first-order valence-corrected chi connectivity index (χ1v) is 14.7. The van der Waals surface area contributed by atoms with E-state index in [0.717, 1.165) is 8.61 Å². The minimum absolute atomic E-state index is 0.00686. The third-order valence-electron chi connectivity index (χ3n) is 5.73. The van der Waals surface area contributed by atoms with Gasteiger partial charge >= 0.3 is 10.2 Å². The fraction of sp³-hybridized carbons (Fsp3) is 0.111. The molecule has 40 heavy (non-hydrogen) atoms. The molecule has 2 N–H and O–H groups in total. The van der Waals surface area contributed by atoms with Crippen LogP contribution in [0, 0.1) is 5.82 Å². The van der Waals surface area contributed by atoms with E-state index in [2.05, 4.69) is 15.0 Å². The predicted molar refractivity (Wildman–Crippen MR) is 151 cm³/mol. The number of pyridine rings is 1. The summed E-state index contributed by atoms with van der Waals surface area (Å²) in [4.78, 5) is 16.7. The Morgan fingerprint density at radius 1 is 0.850 bits per heavy atom. The van der Waals surface area contributed by atoms with Crippen LogP contribution in [0.4, 0.5) is 21.6 Å². The maximum atomic E-state index is 14.5. The Balaban J connectivity index is 1.45. The van der Waals surface area contributed by atoms with Crippen LogP contribution in [0.1, 0.15) is 15.9 Å². The molecule has 0 aliphatic rings. The van der Waals surface area contributed by atoms with Gasteiger partial charge in [0.25, 0.3) is 15.9 Å². The van der Waals surface area contributed by atoms with E-state index in [4.69, 9.17) is 0 Å². The van der Waals surface area contributed by atoms with E-state index in [9.17, 15) is 26.0 Å². The van der Waals surface area contributed by atoms with Gasteiger partial charge in [-0.25, -0.2) is 17.8 Å². The molecule has 0 radical (unpaired) electrons. The fourth-order valence-electron chi connectivity index (χ4n) is 3.61. The number of rotatable bonds is 10. The van der Waals surface area contributed by atoms with Crippen LogP contribution < -0.4 is 14.3 Å². The Morgan fingerprint density at radius 2 is 1.50 bits per heavy atom. The molecule has 13 heteroatoms. The summed E-state index contributed by atoms with van der Waals surface area (Å²) in [5.41, 5.74) is 1.08. The largest absolute Gasteiger partial charge is 0.322 e. The van der Waals surface area contributed by atoms with Crippen molar-refractivity contribution in [1.82, 2.24) is 9.29 Å². The monoisotopic (exact) mass is 583 g/mol. The average molecular weight is 584 g/mol. The second-order valence-electron chi connectivity index (χ2n) is 8.74. The summed E-state index contributed by atoms with van der Waals surface area (Å²) in [6.07, 6.45) is 1.47. The summed E-state index contributed by atoms with van der Waals surface area (Å²) >= 11 is 0. The molecule has 4 rings (SSSR count). The third-order valence-corrected chi connectivity index (χ3v) is 8.91. The van der Waals surface area contributed by atoms with Crippen molar-refractivity contribution in [2.75, 3.05) is 28.4 Å². The van der Waals surface area contributed by atoms with Gasteiger partial charge < -0.3 is 5.32 Å². The lowest BCUT2D eigenvalue weighted by Crippen LogP contribution is -2.40. The van der Waals surface area contributed by atoms with Gasteiger partial charge in [-0.1, -0.05) is 30.3 Å². The number of halogens is 1. The standard InChI is InChI=1S/C27H26FN5O5S2/c1-32(2)40(37,38)33(25-8-4-3-7-24(25)28)19-20-10-12-21(13-11-20)27(34)30-22-14-16-23(17-15-22)39(35,36)31-26-9-5-6-18-29-26/h3-18H,19H2,1-2H3,(H,29,31)(H,30,34). The number of sulfonamides is 1. The molecule has 0 atom stereocenters. The van der Waals surface area contributed by atoms with Gasteiger partial charge in [0.05, 0.1) is 17.1 Å². The number of carbonyl (C=O) groups excluding carboxylic acids is 1. The normalized spacial score (nSPS) is 11.7. The molecule has 0 aliphatic heterocycles. The molecule has 208 valence electrons. The van der Waals surface area contributed by atoms with E-state index in [1.807, 2.05) is 0 Å². The number of hydrogen-bond acceptors (Lipinski definition) is 6. The Morgan fingerprint density at radius 3 is 2.10 bits per heavy atom. The number of carbonyl (C=O) groups is 1. The predicted octanol–water partition coefficient (Wildman–Crippen LogP) is 4.09. The van der Waals surface area contributed by atoms with Gasteiger partial charge in [-0.3, -0.25) is 13.8 Å². The first-order valence-electron chi connectivity index (χ1n) is 11.9. The zero-order valence-electron chi connectivity index (χ0n) is 21.5. The lowest BCUT2D eigenvalue weighted by molar-refractivity contribution is 0.102. The first kappa shape index (κ1) is 28.7. The van der Waals surface area contributed by atoms with Crippen molar-refractivity contribution in [2.45, 2.75) is 11.4 Å². The van der Waals surface area contributed by atoms with Crippen molar-refractivity contribution >= 4 is 43.3 Å². The Bertz CT molecular complexity index is 1700. The highest BCUT2D eigenvalue weighted by atomic mass is 32.2. The van der Waals surface area contributed by atoms with Gasteiger partial charge in [0.15, 0.2) is 0 Å². The Labute approximate surface area is 232 Å². The summed E-state index contributed by atoms with van der Waals surface area (Å²) in [5, 5.41) is 2.69. The van der Waals surface area contributed by atoms with Crippen LogP contribution in [-0.2, 0) is 26.8 Å². The van der Waals surface area contributed by atoms with Gasteiger partial charge in [0.1, 0.15) is 11.6 Å². The van der Waals surface area contributed by atoms with Crippen LogP contribution in [0.5, 0.6) is 0 Å². The maximum absolute atomic E-state index is 14.5. The molecule has 0 bridgehead atoms. The van der Waals surface area contributed by atoms with Gasteiger partial charge in [-0.15, -0.1) is 0 Å². The summed E-state index contributed by atoms with van der Waals surface area (Å²) in [7, 11) is -5.16. The van der Waals surface area contributed by atoms with Crippen molar-refractivity contribution in [3.05, 3.63) is 114 Å². The minimum Gasteiger partial charge on any atom is -0.322 e. The number of benzene rings is 3. The van der Waals surface area contributed by atoms with Gasteiger partial charge in [0, 0.05) is 31.5 Å². The SMILES string of the molecule is CN(C)S(=O)(=O)N(Cc1ccc(C(=O)Nc2ccc(S(=O)(=O)Nc3ccccn3)cc2)cc1)c1ccccc1F. The number of aromatic nitrogens is 1. The zero-order valence-corrected chi connectivity index (χ0v) is 23.2. The highest BCUT2D eigenvalue weighted by Gasteiger charge is 2.27. The molecule has 0 spiro atoms. The van der Waals surface area contributed by atoms with Crippen molar-refractivity contribution in [2.24, 2.45) is 0 Å². The summed E-state index contributed by atoms with van der Waals surface area (Å²) in [6.45, 7) is -0.161. The van der Waals surface area contributed by atoms with Crippen LogP contribution in [0.25, 0.3) is 0 Å². The van der Waals surface area contributed by atoms with Gasteiger partial charge in [0.2, 0.25) is 0 Å². The smallest absolute Gasteiger partial charge is 0.303 e. The van der Waals surface area contributed by atoms with E-state index < -0.39 is 32.0 Å². The van der Waals surface area contributed by atoms with Gasteiger partial charge in [-0.05, 0) is 66.2 Å². The molecule has 1 amide bonds. The molecule has 0 saturated carbocycles. The van der Waals surface area contributed by atoms with E-state index in [-0.39, 0.29) is 28.5 Å². The molecule has 0 saturated heterocycles. The molecular formula is C27H26FN5O5S2. The molecule has 1 aromatic heterocycles. The molecule has 0 aliphatic carbocycles. The summed E-state index contributed by atoms with van der Waals surface area (Å²) < 4.78 is 69.8. The third kappa shape index (κ3) is 6.62. The van der Waals surface area contributed by atoms with E-state index >= 15 is 0 Å². The highest BCUT2D eigenvalue weighted by Crippen LogP contribution is 2.25. The molecular weight excluding hydrogens is 557 g/mol. The van der Waals surface area contributed by atoms with Crippen molar-refractivity contribution in [3.63, 3.8) is 0 Å². The number of nitrogens with one attached hydrogen (secondary N) is 2. The molecule has 1 heterocycles. The minimum atomic E-state index is -4.02. The highest BCUT2D eigenvalue weighted by molar-refractivity contribution is 7.92. The molecule has 10 nitrogen and oxygen atoms in total. The number of para-hydroxylation sites is 1. The molecule has 4 aromatic rings. The average Bonchev–Trinajstić information content (AvgIpc) is 2.93. The first-order chi connectivity index (χ1) is 19.0.